The van der Waals surface area contributed by atoms with Crippen molar-refractivity contribution in [2.24, 2.45) is 0 Å². The third-order valence-electron chi connectivity index (χ3n) is 5.60. The molecule has 2 atom stereocenters. The summed E-state index contributed by atoms with van der Waals surface area (Å²) in [5.41, 5.74) is 2.56. The molecule has 5 nitrogen and oxygen atoms in total. The van der Waals surface area contributed by atoms with E-state index in [2.05, 4.69) is 10.3 Å². The van der Waals surface area contributed by atoms with Gasteiger partial charge in [-0.3, -0.25) is 4.79 Å². The fourth-order valence-corrected chi connectivity index (χ4v) is 4.44. The van der Waals surface area contributed by atoms with E-state index in [9.17, 15) is 4.79 Å². The largest absolute Gasteiger partial charge is 0.374 e. The Balaban J connectivity index is 1.57. The molecule has 2 unspecified atom stereocenters. The number of likely N-dealkylation sites (tertiary alicyclic amines) is 1. The molecule has 5 rings (SSSR count). The van der Waals surface area contributed by atoms with Gasteiger partial charge in [-0.05, 0) is 37.1 Å². The topological polar surface area (TPSA) is 54.5 Å². The molecule has 2 saturated heterocycles. The lowest BCUT2D eigenvalue weighted by Crippen LogP contribution is -2.41. The Kier molecular flexibility index (Phi) is 4.22. The average molecular weight is 394 g/mol. The zero-order valence-corrected chi connectivity index (χ0v) is 16.2. The number of anilines is 2. The Labute approximate surface area is 168 Å². The lowest BCUT2D eigenvalue weighted by Gasteiger charge is -2.27. The summed E-state index contributed by atoms with van der Waals surface area (Å²) in [6, 6.07) is 13.7. The Morgan fingerprint density at radius 2 is 2.14 bits per heavy atom. The maximum absolute atomic E-state index is 13.3. The minimum absolute atomic E-state index is 0.0388. The standard InChI is InChI=1S/C22H20ClN3O2/c1-13-4-2-7-18-20(13)19(22(27)26-11-17-9-16(26)12-28-17)10-24-21(18)25-15-6-3-5-14(23)8-15/h2-8,10,16-17H,9,11-12H2,1H3,(H,24,25). The van der Waals surface area contributed by atoms with E-state index in [0.29, 0.717) is 29.6 Å². The van der Waals surface area contributed by atoms with Crippen LogP contribution in [0.1, 0.15) is 22.3 Å². The number of fused-ring (bicyclic) bond motifs is 3. The number of morpholine rings is 1. The normalized spacial score (nSPS) is 20.7. The molecule has 1 amide bonds. The lowest BCUT2D eigenvalue weighted by atomic mass is 10.0. The van der Waals surface area contributed by atoms with Gasteiger partial charge >= 0.3 is 0 Å². The molecule has 3 heterocycles. The Morgan fingerprint density at radius 3 is 2.89 bits per heavy atom. The summed E-state index contributed by atoms with van der Waals surface area (Å²) in [5.74, 6) is 0.751. The molecular formula is C22H20ClN3O2. The number of rotatable bonds is 3. The SMILES string of the molecule is Cc1cccc2c(Nc3cccc(Cl)c3)ncc(C(=O)N3CC4CC3CO4)c12. The molecule has 142 valence electrons. The van der Waals surface area contributed by atoms with E-state index in [1.165, 1.54) is 0 Å². The highest BCUT2D eigenvalue weighted by atomic mass is 35.5. The van der Waals surface area contributed by atoms with Crippen LogP contribution in [0.4, 0.5) is 11.5 Å². The molecular weight excluding hydrogens is 374 g/mol. The van der Waals surface area contributed by atoms with Gasteiger partial charge in [0, 0.05) is 34.2 Å². The van der Waals surface area contributed by atoms with E-state index < -0.39 is 0 Å². The smallest absolute Gasteiger partial charge is 0.256 e. The summed E-state index contributed by atoms with van der Waals surface area (Å²) >= 11 is 6.10. The molecule has 6 heteroatoms. The van der Waals surface area contributed by atoms with Gasteiger partial charge in [-0.25, -0.2) is 4.98 Å². The molecule has 0 aliphatic carbocycles. The number of ether oxygens (including phenoxy) is 1. The number of amides is 1. The Hall–Kier alpha value is -2.63. The highest BCUT2D eigenvalue weighted by Crippen LogP contribution is 2.34. The number of aryl methyl sites for hydroxylation is 1. The van der Waals surface area contributed by atoms with E-state index in [4.69, 9.17) is 16.3 Å². The van der Waals surface area contributed by atoms with Gasteiger partial charge in [0.2, 0.25) is 0 Å². The van der Waals surface area contributed by atoms with Crippen molar-refractivity contribution in [1.82, 2.24) is 9.88 Å². The van der Waals surface area contributed by atoms with Gasteiger partial charge in [-0.15, -0.1) is 0 Å². The second-order valence-electron chi connectivity index (χ2n) is 7.46. The number of carbonyl (C=O) groups excluding carboxylic acids is 1. The van der Waals surface area contributed by atoms with Crippen molar-refractivity contribution >= 4 is 39.8 Å². The molecule has 2 bridgehead atoms. The first-order chi connectivity index (χ1) is 13.6. The monoisotopic (exact) mass is 393 g/mol. The average Bonchev–Trinajstić information content (AvgIpc) is 3.32. The van der Waals surface area contributed by atoms with Crippen LogP contribution in [0.15, 0.2) is 48.7 Å². The maximum atomic E-state index is 13.3. The van der Waals surface area contributed by atoms with Gasteiger partial charge in [-0.2, -0.15) is 0 Å². The third kappa shape index (κ3) is 2.91. The zero-order valence-electron chi connectivity index (χ0n) is 15.5. The second kappa shape index (κ2) is 6.76. The van der Waals surface area contributed by atoms with Gasteiger partial charge < -0.3 is 15.0 Å². The van der Waals surface area contributed by atoms with Crippen molar-refractivity contribution in [2.45, 2.75) is 25.5 Å². The molecule has 0 saturated carbocycles. The van der Waals surface area contributed by atoms with Crippen LogP contribution in [-0.2, 0) is 4.74 Å². The van der Waals surface area contributed by atoms with Gasteiger partial charge in [0.15, 0.2) is 0 Å². The number of nitrogens with zero attached hydrogens (tertiary/aromatic N) is 2. The van der Waals surface area contributed by atoms with Gasteiger partial charge in [-0.1, -0.05) is 35.9 Å². The summed E-state index contributed by atoms with van der Waals surface area (Å²) in [6.07, 6.45) is 2.81. The van der Waals surface area contributed by atoms with Gasteiger partial charge in [0.25, 0.3) is 5.91 Å². The lowest BCUT2D eigenvalue weighted by molar-refractivity contribution is 0.0260. The number of carbonyl (C=O) groups is 1. The van der Waals surface area contributed by atoms with Crippen LogP contribution in [-0.4, -0.2) is 41.1 Å². The highest BCUT2D eigenvalue weighted by Gasteiger charge is 2.42. The molecule has 0 spiro atoms. The van der Waals surface area contributed by atoms with Crippen molar-refractivity contribution in [1.29, 1.82) is 0 Å². The quantitative estimate of drug-likeness (QED) is 0.709. The van der Waals surface area contributed by atoms with E-state index in [-0.39, 0.29) is 18.1 Å². The number of aromatic nitrogens is 1. The van der Waals surface area contributed by atoms with Crippen molar-refractivity contribution in [3.63, 3.8) is 0 Å². The molecule has 1 N–H and O–H groups in total. The molecule has 3 aromatic rings. The number of nitrogens with one attached hydrogen (secondary N) is 1. The molecule has 2 aliphatic rings. The number of benzene rings is 2. The number of halogens is 1. The van der Waals surface area contributed by atoms with E-state index in [1.54, 1.807) is 6.20 Å². The molecule has 2 fully saturated rings. The van der Waals surface area contributed by atoms with Gasteiger partial charge in [0.1, 0.15) is 5.82 Å². The second-order valence-corrected chi connectivity index (χ2v) is 7.89. The molecule has 2 aliphatic heterocycles. The summed E-state index contributed by atoms with van der Waals surface area (Å²) < 4.78 is 5.64. The fourth-order valence-electron chi connectivity index (χ4n) is 4.25. The minimum Gasteiger partial charge on any atom is -0.374 e. The minimum atomic E-state index is 0.0388. The van der Waals surface area contributed by atoms with Gasteiger partial charge in [0.05, 0.1) is 24.3 Å². The first-order valence-electron chi connectivity index (χ1n) is 9.43. The van der Waals surface area contributed by atoms with Crippen molar-refractivity contribution in [2.75, 3.05) is 18.5 Å². The Bertz CT molecular complexity index is 1080. The number of pyridine rings is 1. The first-order valence-corrected chi connectivity index (χ1v) is 9.81. The molecule has 2 aromatic carbocycles. The van der Waals surface area contributed by atoms with E-state index in [1.807, 2.05) is 54.3 Å². The van der Waals surface area contributed by atoms with Crippen LogP contribution in [0.5, 0.6) is 0 Å². The predicted molar refractivity (Wildman–Crippen MR) is 110 cm³/mol. The van der Waals surface area contributed by atoms with Crippen LogP contribution in [0.2, 0.25) is 5.02 Å². The van der Waals surface area contributed by atoms with Crippen LogP contribution in [0.25, 0.3) is 10.8 Å². The summed E-state index contributed by atoms with van der Waals surface area (Å²) in [7, 11) is 0. The van der Waals surface area contributed by atoms with Crippen LogP contribution in [0, 0.1) is 6.92 Å². The first kappa shape index (κ1) is 17.5. The number of hydrogen-bond acceptors (Lipinski definition) is 4. The Morgan fingerprint density at radius 1 is 1.29 bits per heavy atom. The molecule has 0 radical (unpaired) electrons. The third-order valence-corrected chi connectivity index (χ3v) is 5.83. The maximum Gasteiger partial charge on any atom is 0.256 e. The predicted octanol–water partition coefficient (Wildman–Crippen LogP) is 4.55. The van der Waals surface area contributed by atoms with Crippen molar-refractivity contribution in [3.8, 4) is 0 Å². The fraction of sp³-hybridized carbons (Fsp3) is 0.273. The summed E-state index contributed by atoms with van der Waals surface area (Å²) in [5, 5.41) is 5.86. The summed E-state index contributed by atoms with van der Waals surface area (Å²) in [4.78, 5) is 19.8. The van der Waals surface area contributed by atoms with Crippen molar-refractivity contribution in [3.05, 3.63) is 64.8 Å². The highest BCUT2D eigenvalue weighted by molar-refractivity contribution is 6.30. The van der Waals surface area contributed by atoms with Crippen LogP contribution in [0.3, 0.4) is 0 Å². The van der Waals surface area contributed by atoms with Crippen LogP contribution >= 0.6 is 11.6 Å². The molecule has 1 aromatic heterocycles. The van der Waals surface area contributed by atoms with Crippen molar-refractivity contribution < 1.29 is 9.53 Å². The van der Waals surface area contributed by atoms with Crippen LogP contribution < -0.4 is 5.32 Å². The summed E-state index contributed by atoms with van der Waals surface area (Å²) in [6.45, 7) is 3.33. The zero-order chi connectivity index (χ0) is 19.3. The number of hydrogen-bond donors (Lipinski definition) is 1. The van der Waals surface area contributed by atoms with E-state index in [0.717, 1.165) is 28.4 Å². The molecule has 28 heavy (non-hydrogen) atoms. The van der Waals surface area contributed by atoms with E-state index >= 15 is 0 Å².